The summed E-state index contributed by atoms with van der Waals surface area (Å²) in [5, 5.41) is 0. The maximum absolute atomic E-state index is 11.5. The molecule has 0 amide bonds. The predicted molar refractivity (Wildman–Crippen MR) is 52.5 cm³/mol. The van der Waals surface area contributed by atoms with Gasteiger partial charge < -0.3 is 4.89 Å². The van der Waals surface area contributed by atoms with E-state index in [1.54, 1.807) is 11.6 Å². The summed E-state index contributed by atoms with van der Waals surface area (Å²) in [7, 11) is -2.98. The lowest BCUT2D eigenvalue weighted by molar-refractivity contribution is 0.345. The lowest BCUT2D eigenvalue weighted by atomic mass is 10.4. The second-order valence-electron chi connectivity index (χ2n) is 2.93. The van der Waals surface area contributed by atoms with Gasteiger partial charge in [-0.25, -0.2) is 4.67 Å². The maximum atomic E-state index is 11.5. The summed E-state index contributed by atoms with van der Waals surface area (Å²) in [5.74, 6) is 0. The fourth-order valence-electron chi connectivity index (χ4n) is 1.14. The number of rotatable bonds is 6. The molecule has 0 fully saturated rings. The highest BCUT2D eigenvalue weighted by molar-refractivity contribution is 7.55. The van der Waals surface area contributed by atoms with Crippen LogP contribution in [0.25, 0.3) is 0 Å². The molecule has 0 saturated carbocycles. The van der Waals surface area contributed by atoms with Crippen LogP contribution in [0.5, 0.6) is 0 Å². The first-order chi connectivity index (χ1) is 5.58. The van der Waals surface area contributed by atoms with Gasteiger partial charge in [0, 0.05) is 19.3 Å². The van der Waals surface area contributed by atoms with Crippen LogP contribution in [0.3, 0.4) is 0 Å². The lowest BCUT2D eigenvalue weighted by Crippen LogP contribution is -2.23. The highest BCUT2D eigenvalue weighted by Crippen LogP contribution is 2.44. The van der Waals surface area contributed by atoms with Gasteiger partial charge in [0.25, 0.3) is 7.52 Å². The van der Waals surface area contributed by atoms with E-state index < -0.39 is 7.52 Å². The topological polar surface area (TPSA) is 40.5 Å². The van der Waals surface area contributed by atoms with Crippen molar-refractivity contribution in [2.24, 2.45) is 0 Å². The van der Waals surface area contributed by atoms with E-state index in [-0.39, 0.29) is 0 Å². The predicted octanol–water partition coefficient (Wildman–Crippen LogP) is 2.31. The van der Waals surface area contributed by atoms with E-state index in [4.69, 9.17) is 0 Å². The maximum Gasteiger partial charge on any atom is 0.269 e. The molecule has 0 aliphatic rings. The summed E-state index contributed by atoms with van der Waals surface area (Å²) in [5.41, 5.74) is 0. The molecule has 1 unspecified atom stereocenters. The first-order valence-corrected chi connectivity index (χ1v) is 6.45. The molecule has 0 aliphatic carbocycles. The summed E-state index contributed by atoms with van der Waals surface area (Å²) < 4.78 is 13.3. The highest BCUT2D eigenvalue weighted by atomic mass is 31.2. The van der Waals surface area contributed by atoms with E-state index in [1.165, 1.54) is 0 Å². The minimum atomic E-state index is -2.98. The van der Waals surface area contributed by atoms with Crippen LogP contribution in [0, 0.1) is 0 Å². The van der Waals surface area contributed by atoms with Crippen LogP contribution in [0.2, 0.25) is 0 Å². The van der Waals surface area contributed by atoms with Crippen molar-refractivity contribution in [3.8, 4) is 0 Å². The molecule has 0 aromatic heterocycles. The smallest absolute Gasteiger partial charge is 0.269 e. The van der Waals surface area contributed by atoms with E-state index in [9.17, 15) is 9.46 Å². The molecule has 12 heavy (non-hydrogen) atoms. The third-order valence-corrected chi connectivity index (χ3v) is 3.93. The van der Waals surface area contributed by atoms with Gasteiger partial charge in [-0.1, -0.05) is 20.8 Å². The average molecular weight is 193 g/mol. The van der Waals surface area contributed by atoms with Crippen LogP contribution in [0.1, 0.15) is 33.6 Å². The van der Waals surface area contributed by atoms with Crippen molar-refractivity contribution in [1.29, 1.82) is 0 Å². The van der Waals surface area contributed by atoms with E-state index in [2.05, 4.69) is 0 Å². The first kappa shape index (κ1) is 12.2. The van der Waals surface area contributed by atoms with Gasteiger partial charge in [-0.05, 0) is 12.8 Å². The van der Waals surface area contributed by atoms with Crippen LogP contribution in [0.4, 0.5) is 0 Å². The van der Waals surface area contributed by atoms with Gasteiger partial charge in [0.2, 0.25) is 0 Å². The van der Waals surface area contributed by atoms with Crippen LogP contribution in [0.15, 0.2) is 0 Å². The molecule has 1 N–H and O–H groups in total. The van der Waals surface area contributed by atoms with Gasteiger partial charge in [-0.3, -0.25) is 4.57 Å². The molecule has 4 heteroatoms. The van der Waals surface area contributed by atoms with Crippen molar-refractivity contribution in [2.75, 3.05) is 19.3 Å². The molecule has 0 rings (SSSR count). The van der Waals surface area contributed by atoms with Crippen molar-refractivity contribution >= 4 is 7.52 Å². The largest absolute Gasteiger partial charge is 0.333 e. The minimum absolute atomic E-state index is 0.354. The average Bonchev–Trinajstić information content (AvgIpc) is 2.04. The Morgan fingerprint density at radius 3 is 1.83 bits per heavy atom. The highest BCUT2D eigenvalue weighted by Gasteiger charge is 2.23. The van der Waals surface area contributed by atoms with Gasteiger partial charge in [0.15, 0.2) is 0 Å². The van der Waals surface area contributed by atoms with Crippen molar-refractivity contribution in [2.45, 2.75) is 33.6 Å². The van der Waals surface area contributed by atoms with Crippen molar-refractivity contribution in [3.63, 3.8) is 0 Å². The second-order valence-corrected chi connectivity index (χ2v) is 5.46. The Morgan fingerprint density at radius 2 is 1.58 bits per heavy atom. The van der Waals surface area contributed by atoms with Gasteiger partial charge in [0.1, 0.15) is 0 Å². The summed E-state index contributed by atoms with van der Waals surface area (Å²) in [4.78, 5) is 9.53. The van der Waals surface area contributed by atoms with E-state index in [1.807, 2.05) is 13.8 Å². The zero-order valence-corrected chi connectivity index (χ0v) is 9.18. The van der Waals surface area contributed by atoms with Crippen LogP contribution in [-0.2, 0) is 4.57 Å². The minimum Gasteiger partial charge on any atom is -0.333 e. The molecular weight excluding hydrogens is 173 g/mol. The molecule has 0 aromatic carbocycles. The lowest BCUT2D eigenvalue weighted by Gasteiger charge is -2.25. The molecule has 0 aliphatic heterocycles. The standard InChI is InChI=1S/C8H20NO2P/c1-4-7-9(8-5-2)12(10,11)6-3/h4-8H2,1-3H3,(H,10,11). The summed E-state index contributed by atoms with van der Waals surface area (Å²) in [6.07, 6.45) is 2.22. The molecular formula is C8H20NO2P. The molecule has 0 saturated heterocycles. The Bertz CT molecular complexity index is 155. The van der Waals surface area contributed by atoms with Crippen LogP contribution < -0.4 is 0 Å². The Labute approximate surface area is 75.3 Å². The van der Waals surface area contributed by atoms with E-state index >= 15 is 0 Å². The number of nitrogens with zero attached hydrogens (tertiary/aromatic N) is 1. The molecule has 1 atom stereocenters. The summed E-state index contributed by atoms with van der Waals surface area (Å²) in [6, 6.07) is 0. The zero-order valence-electron chi connectivity index (χ0n) is 8.29. The van der Waals surface area contributed by atoms with E-state index in [0.717, 1.165) is 25.9 Å². The molecule has 0 radical (unpaired) electrons. The van der Waals surface area contributed by atoms with Crippen molar-refractivity contribution in [1.82, 2.24) is 4.67 Å². The first-order valence-electron chi connectivity index (χ1n) is 4.65. The Balaban J connectivity index is 4.17. The fraction of sp³-hybridized carbons (Fsp3) is 1.00. The van der Waals surface area contributed by atoms with Crippen molar-refractivity contribution in [3.05, 3.63) is 0 Å². The summed E-state index contributed by atoms with van der Waals surface area (Å²) in [6.45, 7) is 7.28. The molecule has 74 valence electrons. The van der Waals surface area contributed by atoms with Gasteiger partial charge >= 0.3 is 0 Å². The van der Waals surface area contributed by atoms with E-state index in [0.29, 0.717) is 6.16 Å². The SMILES string of the molecule is CCCN(CCC)P(=O)(O)CC. The van der Waals surface area contributed by atoms with Gasteiger partial charge in [-0.15, -0.1) is 0 Å². The van der Waals surface area contributed by atoms with Gasteiger partial charge in [0.05, 0.1) is 0 Å². The third kappa shape index (κ3) is 3.70. The number of hydrogen-bond acceptors (Lipinski definition) is 1. The quantitative estimate of drug-likeness (QED) is 0.658. The fourth-order valence-corrected chi connectivity index (χ4v) is 2.57. The second kappa shape index (κ2) is 5.74. The zero-order chi connectivity index (χ0) is 9.61. The number of hydrogen-bond donors (Lipinski definition) is 1. The van der Waals surface area contributed by atoms with Gasteiger partial charge in [-0.2, -0.15) is 0 Å². The summed E-state index contributed by atoms with van der Waals surface area (Å²) >= 11 is 0. The normalized spacial score (nSPS) is 16.4. The molecule has 0 bridgehead atoms. The van der Waals surface area contributed by atoms with Crippen LogP contribution >= 0.6 is 7.52 Å². The Kier molecular flexibility index (Phi) is 5.81. The Hall–Kier alpha value is 0.150. The molecule has 0 spiro atoms. The molecule has 3 nitrogen and oxygen atoms in total. The molecule has 0 aromatic rings. The monoisotopic (exact) mass is 193 g/mol. The van der Waals surface area contributed by atoms with Crippen molar-refractivity contribution < 1.29 is 9.46 Å². The van der Waals surface area contributed by atoms with Crippen LogP contribution in [-0.4, -0.2) is 28.8 Å². The third-order valence-electron chi connectivity index (χ3n) is 1.82. The molecule has 0 heterocycles. The Morgan fingerprint density at radius 1 is 1.17 bits per heavy atom.